The van der Waals surface area contributed by atoms with E-state index in [0.717, 1.165) is 48.3 Å². The minimum Gasteiger partial charge on any atom is -0.465 e. The first kappa shape index (κ1) is 21.9. The van der Waals surface area contributed by atoms with Gasteiger partial charge in [-0.15, -0.1) is 0 Å². The summed E-state index contributed by atoms with van der Waals surface area (Å²) >= 11 is 0. The van der Waals surface area contributed by atoms with Crippen LogP contribution >= 0.6 is 0 Å². The third-order valence-corrected chi connectivity index (χ3v) is 8.28. The smallest absolute Gasteiger partial charge is 0.305 e. The predicted octanol–water partition coefficient (Wildman–Crippen LogP) is 5.27. The van der Waals surface area contributed by atoms with E-state index in [1.807, 2.05) is 0 Å². The van der Waals surface area contributed by atoms with Gasteiger partial charge < -0.3 is 9.47 Å². The molecule has 0 aliphatic heterocycles. The molecule has 4 aliphatic carbocycles. The first-order valence-corrected chi connectivity index (χ1v) is 12.3. The minimum atomic E-state index is -0.0500. The summed E-state index contributed by atoms with van der Waals surface area (Å²) in [6.45, 7) is 9.31. The Bertz CT molecular complexity index is 612. The molecule has 4 nitrogen and oxygen atoms in total. The Balaban J connectivity index is 1.38. The van der Waals surface area contributed by atoms with Gasteiger partial charge in [-0.05, 0) is 84.9 Å². The largest absolute Gasteiger partial charge is 0.465 e. The van der Waals surface area contributed by atoms with E-state index >= 15 is 0 Å². The molecule has 0 heterocycles. The molecule has 30 heavy (non-hydrogen) atoms. The van der Waals surface area contributed by atoms with Gasteiger partial charge >= 0.3 is 11.9 Å². The standard InChI is InChI=1S/C26H40O4/c1-15(2)13-29-23(27)9-7-19-20(8-10-24(28)30-14-16(3)4)22-12-21(19)25-17-5-6-18(11-17)26(22)25/h5-6,15-22,25-26H,7-14H2,1-4H3. The summed E-state index contributed by atoms with van der Waals surface area (Å²) < 4.78 is 10.9. The molecule has 0 radical (unpaired) electrons. The summed E-state index contributed by atoms with van der Waals surface area (Å²) in [6, 6.07) is 0. The minimum absolute atomic E-state index is 0.0500. The first-order valence-electron chi connectivity index (χ1n) is 12.3. The molecule has 0 spiro atoms. The average Bonchev–Trinajstić information content (AvgIpc) is 3.46. The SMILES string of the molecule is CC(C)COC(=O)CCC1C(CCC(=O)OCC(C)C)C2CC1C1C3C=CC(C3)C21. The van der Waals surface area contributed by atoms with Crippen molar-refractivity contribution < 1.29 is 19.1 Å². The Morgan fingerprint density at radius 2 is 1.20 bits per heavy atom. The summed E-state index contributed by atoms with van der Waals surface area (Å²) in [6.07, 6.45) is 10.5. The summed E-state index contributed by atoms with van der Waals surface area (Å²) in [7, 11) is 0. The molecular formula is C26H40O4. The summed E-state index contributed by atoms with van der Waals surface area (Å²) in [5.74, 6) is 6.43. The molecule has 0 amide bonds. The van der Waals surface area contributed by atoms with Crippen LogP contribution in [0.1, 0.15) is 66.2 Å². The van der Waals surface area contributed by atoms with Crippen molar-refractivity contribution in [2.24, 2.45) is 59.2 Å². The highest BCUT2D eigenvalue weighted by Gasteiger charge is 2.63. The normalized spacial score (nSPS) is 37.9. The lowest BCUT2D eigenvalue weighted by Crippen LogP contribution is -2.37. The van der Waals surface area contributed by atoms with Crippen LogP contribution in [0.25, 0.3) is 0 Å². The quantitative estimate of drug-likeness (QED) is 0.277. The van der Waals surface area contributed by atoms with Crippen LogP contribution in [0.2, 0.25) is 0 Å². The van der Waals surface area contributed by atoms with E-state index in [1.165, 1.54) is 12.8 Å². The van der Waals surface area contributed by atoms with Crippen LogP contribution in [-0.2, 0) is 19.1 Å². The second-order valence-electron chi connectivity index (χ2n) is 11.2. The van der Waals surface area contributed by atoms with Crippen molar-refractivity contribution >= 4 is 11.9 Å². The molecular weight excluding hydrogens is 376 g/mol. The Labute approximate surface area is 182 Å². The summed E-state index contributed by atoms with van der Waals surface area (Å²) in [5.41, 5.74) is 0. The van der Waals surface area contributed by atoms with E-state index < -0.39 is 0 Å². The number of carbonyl (C=O) groups is 2. The van der Waals surface area contributed by atoms with E-state index in [-0.39, 0.29) is 11.9 Å². The van der Waals surface area contributed by atoms with E-state index in [2.05, 4.69) is 39.8 Å². The van der Waals surface area contributed by atoms with Crippen LogP contribution in [0.15, 0.2) is 12.2 Å². The van der Waals surface area contributed by atoms with Gasteiger partial charge in [0, 0.05) is 12.8 Å². The highest BCUT2D eigenvalue weighted by molar-refractivity contribution is 5.69. The lowest BCUT2D eigenvalue weighted by Gasteiger charge is -2.42. The fraction of sp³-hybridized carbons (Fsp3) is 0.846. The molecule has 4 rings (SSSR count). The van der Waals surface area contributed by atoms with Crippen molar-refractivity contribution in [3.63, 3.8) is 0 Å². The van der Waals surface area contributed by atoms with Crippen LogP contribution in [-0.4, -0.2) is 25.2 Å². The highest BCUT2D eigenvalue weighted by Crippen LogP contribution is 2.69. The number of carbonyl (C=O) groups excluding carboxylic acids is 2. The van der Waals surface area contributed by atoms with Gasteiger partial charge in [0.1, 0.15) is 0 Å². The van der Waals surface area contributed by atoms with Gasteiger partial charge in [-0.2, -0.15) is 0 Å². The number of allylic oxidation sites excluding steroid dienone is 2. The van der Waals surface area contributed by atoms with Crippen molar-refractivity contribution in [1.82, 2.24) is 0 Å². The average molecular weight is 417 g/mol. The molecule has 3 fully saturated rings. The van der Waals surface area contributed by atoms with Crippen LogP contribution in [0.5, 0.6) is 0 Å². The van der Waals surface area contributed by atoms with Gasteiger partial charge in [0.15, 0.2) is 0 Å². The zero-order chi connectivity index (χ0) is 21.4. The second-order valence-corrected chi connectivity index (χ2v) is 11.2. The molecule has 4 bridgehead atoms. The van der Waals surface area contributed by atoms with E-state index in [0.29, 0.717) is 49.7 Å². The number of hydrogen-bond acceptors (Lipinski definition) is 4. The molecule has 0 aromatic rings. The third kappa shape index (κ3) is 4.34. The second kappa shape index (κ2) is 9.04. The Morgan fingerprint density at radius 3 is 1.60 bits per heavy atom. The van der Waals surface area contributed by atoms with Crippen LogP contribution in [0.4, 0.5) is 0 Å². The molecule has 0 aromatic carbocycles. The topological polar surface area (TPSA) is 52.6 Å². The number of rotatable bonds is 10. The third-order valence-electron chi connectivity index (χ3n) is 8.28. The maximum Gasteiger partial charge on any atom is 0.305 e. The Morgan fingerprint density at radius 1 is 0.767 bits per heavy atom. The first-order chi connectivity index (χ1) is 14.3. The zero-order valence-electron chi connectivity index (χ0n) is 19.2. The van der Waals surface area contributed by atoms with Crippen LogP contribution < -0.4 is 0 Å². The van der Waals surface area contributed by atoms with Crippen molar-refractivity contribution in [2.75, 3.05) is 13.2 Å². The molecule has 168 valence electrons. The lowest BCUT2D eigenvalue weighted by atomic mass is 9.63. The molecule has 0 N–H and O–H groups in total. The Kier molecular flexibility index (Phi) is 6.60. The van der Waals surface area contributed by atoms with Gasteiger partial charge in [0.05, 0.1) is 13.2 Å². The highest BCUT2D eigenvalue weighted by atomic mass is 16.5. The van der Waals surface area contributed by atoms with Gasteiger partial charge in [-0.25, -0.2) is 0 Å². The van der Waals surface area contributed by atoms with Crippen molar-refractivity contribution in [3.05, 3.63) is 12.2 Å². The fourth-order valence-corrected chi connectivity index (χ4v) is 7.38. The molecule has 8 unspecified atom stereocenters. The summed E-state index contributed by atoms with van der Waals surface area (Å²) in [5, 5.41) is 0. The van der Waals surface area contributed by atoms with Gasteiger partial charge in [0.25, 0.3) is 0 Å². The number of esters is 2. The monoisotopic (exact) mass is 416 g/mol. The zero-order valence-corrected chi connectivity index (χ0v) is 19.2. The molecule has 4 aliphatic rings. The maximum atomic E-state index is 12.3. The fourth-order valence-electron chi connectivity index (χ4n) is 7.38. The van der Waals surface area contributed by atoms with Crippen molar-refractivity contribution in [1.29, 1.82) is 0 Å². The van der Waals surface area contributed by atoms with E-state index in [9.17, 15) is 9.59 Å². The number of hydrogen-bond donors (Lipinski definition) is 0. The Hall–Kier alpha value is -1.32. The molecule has 0 saturated heterocycles. The molecule has 8 atom stereocenters. The van der Waals surface area contributed by atoms with Crippen LogP contribution in [0, 0.1) is 59.2 Å². The van der Waals surface area contributed by atoms with Crippen LogP contribution in [0.3, 0.4) is 0 Å². The van der Waals surface area contributed by atoms with Gasteiger partial charge in [-0.1, -0.05) is 39.8 Å². The summed E-state index contributed by atoms with van der Waals surface area (Å²) in [4.78, 5) is 24.6. The molecule has 4 heteroatoms. The predicted molar refractivity (Wildman–Crippen MR) is 116 cm³/mol. The number of ether oxygens (including phenoxy) is 2. The maximum absolute atomic E-state index is 12.3. The van der Waals surface area contributed by atoms with Crippen molar-refractivity contribution in [2.45, 2.75) is 66.2 Å². The van der Waals surface area contributed by atoms with E-state index in [1.54, 1.807) is 0 Å². The lowest BCUT2D eigenvalue weighted by molar-refractivity contribution is -0.147. The number of fused-ring (bicyclic) bond motifs is 9. The molecule has 3 saturated carbocycles. The van der Waals surface area contributed by atoms with Gasteiger partial charge in [0.2, 0.25) is 0 Å². The van der Waals surface area contributed by atoms with Crippen molar-refractivity contribution in [3.8, 4) is 0 Å². The van der Waals surface area contributed by atoms with E-state index in [4.69, 9.17) is 9.47 Å². The molecule has 0 aromatic heterocycles. The van der Waals surface area contributed by atoms with Gasteiger partial charge in [-0.3, -0.25) is 9.59 Å².